The molecule has 0 saturated carbocycles. The molecule has 150 valence electrons. The van der Waals surface area contributed by atoms with Gasteiger partial charge in [-0.15, -0.1) is 10.2 Å². The summed E-state index contributed by atoms with van der Waals surface area (Å²) in [5.41, 5.74) is 0.734. The van der Waals surface area contributed by atoms with Crippen molar-refractivity contribution in [2.24, 2.45) is 0 Å². The summed E-state index contributed by atoms with van der Waals surface area (Å²) in [6.07, 6.45) is 3.68. The van der Waals surface area contributed by atoms with E-state index in [-0.39, 0.29) is 5.91 Å². The Hall–Kier alpha value is -3.39. The minimum Gasteiger partial charge on any atom is -0.497 e. The maximum atomic E-state index is 12.2. The minimum atomic E-state index is -0.307. The third-order valence-electron chi connectivity index (χ3n) is 3.88. The van der Waals surface area contributed by atoms with Crippen molar-refractivity contribution in [1.82, 2.24) is 10.2 Å². The van der Waals surface area contributed by atoms with Crippen molar-refractivity contribution < 1.29 is 19.0 Å². The van der Waals surface area contributed by atoms with Gasteiger partial charge in [0.05, 0.1) is 20.8 Å². The van der Waals surface area contributed by atoms with E-state index in [1.165, 1.54) is 17.4 Å². The van der Waals surface area contributed by atoms with Gasteiger partial charge in [-0.2, -0.15) is 0 Å². The average molecular weight is 411 g/mol. The number of hydrogen-bond acceptors (Lipinski definition) is 7. The molecule has 0 saturated heterocycles. The molecule has 0 radical (unpaired) electrons. The van der Waals surface area contributed by atoms with Crippen LogP contribution in [0.25, 0.3) is 6.08 Å². The second-order valence-corrected chi connectivity index (χ2v) is 6.91. The number of nitrogens with one attached hydrogen (secondary N) is 1. The highest BCUT2D eigenvalue weighted by Crippen LogP contribution is 2.25. The Bertz CT molecular complexity index is 973. The fourth-order valence-electron chi connectivity index (χ4n) is 2.46. The number of methoxy groups -OCH3 is 2. The maximum Gasteiger partial charge on any atom is 0.250 e. The molecule has 1 heterocycles. The number of benzene rings is 2. The summed E-state index contributed by atoms with van der Waals surface area (Å²) >= 11 is 1.32. The van der Waals surface area contributed by atoms with Crippen molar-refractivity contribution in [2.75, 3.05) is 26.1 Å². The van der Waals surface area contributed by atoms with Crippen LogP contribution in [0.15, 0.2) is 54.6 Å². The summed E-state index contributed by atoms with van der Waals surface area (Å²) in [6.45, 7) is 0.488. The van der Waals surface area contributed by atoms with Gasteiger partial charge in [0.2, 0.25) is 11.0 Å². The van der Waals surface area contributed by atoms with Crippen LogP contribution in [0.1, 0.15) is 10.6 Å². The predicted molar refractivity (Wildman–Crippen MR) is 113 cm³/mol. The smallest absolute Gasteiger partial charge is 0.250 e. The normalized spacial score (nSPS) is 10.7. The molecule has 0 aliphatic rings. The van der Waals surface area contributed by atoms with Crippen molar-refractivity contribution in [3.05, 3.63) is 65.2 Å². The molecule has 1 N–H and O–H groups in total. The molecule has 7 nitrogen and oxygen atoms in total. The Balaban J connectivity index is 1.53. The number of carbonyl (C=O) groups excluding carboxylic acids is 1. The fourth-order valence-corrected chi connectivity index (χ4v) is 3.18. The molecule has 0 aliphatic heterocycles. The molecule has 0 unspecified atom stereocenters. The highest BCUT2D eigenvalue weighted by Gasteiger charge is 2.08. The van der Waals surface area contributed by atoms with Gasteiger partial charge in [0.15, 0.2) is 0 Å². The van der Waals surface area contributed by atoms with Crippen LogP contribution in [0.2, 0.25) is 0 Å². The average Bonchev–Trinajstić information content (AvgIpc) is 3.19. The zero-order valence-electron chi connectivity index (χ0n) is 16.1. The van der Waals surface area contributed by atoms with Crippen molar-refractivity contribution >= 4 is 28.5 Å². The topological polar surface area (TPSA) is 82.6 Å². The summed E-state index contributed by atoms with van der Waals surface area (Å²) in [4.78, 5) is 12.2. The van der Waals surface area contributed by atoms with Crippen LogP contribution in [-0.2, 0) is 11.2 Å². The zero-order valence-corrected chi connectivity index (χ0v) is 16.9. The summed E-state index contributed by atoms with van der Waals surface area (Å²) in [5.74, 6) is 1.82. The predicted octanol–water partition coefficient (Wildman–Crippen LogP) is 3.83. The highest BCUT2D eigenvalue weighted by atomic mass is 32.1. The Morgan fingerprint density at radius 1 is 1.07 bits per heavy atom. The SMILES string of the molecule is COc1ccc(OC)c(/C=C/C(=O)Nc2nnc(CCOc3ccccc3)s2)c1. The van der Waals surface area contributed by atoms with Gasteiger partial charge in [-0.3, -0.25) is 10.1 Å². The van der Waals surface area contributed by atoms with Crippen LogP contribution >= 0.6 is 11.3 Å². The quantitative estimate of drug-likeness (QED) is 0.539. The lowest BCUT2D eigenvalue weighted by atomic mass is 10.1. The van der Waals surface area contributed by atoms with Crippen molar-refractivity contribution in [3.8, 4) is 17.2 Å². The summed E-state index contributed by atoms with van der Waals surface area (Å²) < 4.78 is 16.1. The van der Waals surface area contributed by atoms with Gasteiger partial charge in [0, 0.05) is 18.1 Å². The zero-order chi connectivity index (χ0) is 20.5. The van der Waals surface area contributed by atoms with Crippen LogP contribution in [0.3, 0.4) is 0 Å². The van der Waals surface area contributed by atoms with Gasteiger partial charge in [0.1, 0.15) is 22.3 Å². The van der Waals surface area contributed by atoms with Gasteiger partial charge in [-0.25, -0.2) is 0 Å². The monoisotopic (exact) mass is 411 g/mol. The van der Waals surface area contributed by atoms with Gasteiger partial charge >= 0.3 is 0 Å². The van der Waals surface area contributed by atoms with E-state index in [0.29, 0.717) is 29.7 Å². The second kappa shape index (κ2) is 10.2. The molecule has 0 bridgehead atoms. The van der Waals surface area contributed by atoms with Crippen LogP contribution in [0.4, 0.5) is 5.13 Å². The van der Waals surface area contributed by atoms with E-state index in [1.54, 1.807) is 38.5 Å². The van der Waals surface area contributed by atoms with Crippen molar-refractivity contribution in [3.63, 3.8) is 0 Å². The minimum absolute atomic E-state index is 0.307. The van der Waals surface area contributed by atoms with Gasteiger partial charge in [0.25, 0.3) is 0 Å². The Labute approximate surface area is 173 Å². The van der Waals surface area contributed by atoms with E-state index < -0.39 is 0 Å². The van der Waals surface area contributed by atoms with Crippen LogP contribution < -0.4 is 19.5 Å². The van der Waals surface area contributed by atoms with Crippen molar-refractivity contribution in [1.29, 1.82) is 0 Å². The summed E-state index contributed by atoms with van der Waals surface area (Å²) in [5, 5.41) is 12.0. The van der Waals surface area contributed by atoms with Crippen molar-refractivity contribution in [2.45, 2.75) is 6.42 Å². The van der Waals surface area contributed by atoms with Crippen LogP contribution in [-0.4, -0.2) is 36.9 Å². The fraction of sp³-hybridized carbons (Fsp3) is 0.190. The van der Waals surface area contributed by atoms with Gasteiger partial charge < -0.3 is 14.2 Å². The molecule has 0 atom stereocenters. The number of anilines is 1. The molecular weight excluding hydrogens is 390 g/mol. The molecule has 8 heteroatoms. The number of nitrogens with zero attached hydrogens (tertiary/aromatic N) is 2. The van der Waals surface area contributed by atoms with E-state index in [2.05, 4.69) is 15.5 Å². The molecule has 0 spiro atoms. The second-order valence-electron chi connectivity index (χ2n) is 5.84. The van der Waals surface area contributed by atoms with E-state index in [4.69, 9.17) is 14.2 Å². The highest BCUT2D eigenvalue weighted by molar-refractivity contribution is 7.15. The molecule has 1 aromatic heterocycles. The number of aromatic nitrogens is 2. The first-order valence-corrected chi connectivity index (χ1v) is 9.71. The lowest BCUT2D eigenvalue weighted by molar-refractivity contribution is -0.111. The molecule has 2 aromatic carbocycles. The number of rotatable bonds is 9. The van der Waals surface area contributed by atoms with Crippen LogP contribution in [0, 0.1) is 0 Å². The molecular formula is C21H21N3O4S. The van der Waals surface area contributed by atoms with E-state index >= 15 is 0 Å². The van der Waals surface area contributed by atoms with Gasteiger partial charge in [-0.05, 0) is 36.4 Å². The number of hydrogen-bond donors (Lipinski definition) is 1. The first-order chi connectivity index (χ1) is 14.2. The summed E-state index contributed by atoms with van der Waals surface area (Å²) in [7, 11) is 3.16. The lowest BCUT2D eigenvalue weighted by Crippen LogP contribution is -2.07. The lowest BCUT2D eigenvalue weighted by Gasteiger charge is -2.07. The van der Waals surface area contributed by atoms with Gasteiger partial charge in [-0.1, -0.05) is 29.5 Å². The van der Waals surface area contributed by atoms with E-state index in [1.807, 2.05) is 30.3 Å². The Morgan fingerprint density at radius 2 is 1.90 bits per heavy atom. The third kappa shape index (κ3) is 6.05. The molecule has 3 aromatic rings. The maximum absolute atomic E-state index is 12.2. The molecule has 0 aliphatic carbocycles. The first-order valence-electron chi connectivity index (χ1n) is 8.89. The number of carbonyl (C=O) groups is 1. The van der Waals surface area contributed by atoms with E-state index in [9.17, 15) is 4.79 Å². The van der Waals surface area contributed by atoms with E-state index in [0.717, 1.165) is 16.3 Å². The number of para-hydroxylation sites is 1. The standard InChI is InChI=1S/C21H21N3O4S/c1-26-17-9-10-18(27-2)15(14-17)8-11-19(25)22-21-24-23-20(29-21)12-13-28-16-6-4-3-5-7-16/h3-11,14H,12-13H2,1-2H3,(H,22,24,25)/b11-8+. The molecule has 1 amide bonds. The third-order valence-corrected chi connectivity index (χ3v) is 4.77. The first kappa shape index (κ1) is 20.3. The largest absolute Gasteiger partial charge is 0.497 e. The number of amides is 1. The molecule has 3 rings (SSSR count). The van der Waals surface area contributed by atoms with Crippen LogP contribution in [0.5, 0.6) is 17.2 Å². The Morgan fingerprint density at radius 3 is 2.66 bits per heavy atom. The molecule has 29 heavy (non-hydrogen) atoms. The molecule has 0 fully saturated rings. The Kier molecular flexibility index (Phi) is 7.18. The summed E-state index contributed by atoms with van der Waals surface area (Å²) in [6, 6.07) is 14.9. The number of ether oxygens (including phenoxy) is 3.